The summed E-state index contributed by atoms with van der Waals surface area (Å²) < 4.78 is 0. The van der Waals surface area contributed by atoms with Gasteiger partial charge in [-0.3, -0.25) is 0 Å². The van der Waals surface area contributed by atoms with Crippen molar-refractivity contribution in [2.75, 3.05) is 5.32 Å². The zero-order chi connectivity index (χ0) is 13.1. The van der Waals surface area contributed by atoms with E-state index in [1.807, 2.05) is 12.1 Å². The number of hydrogen-bond donors (Lipinski definition) is 2. The van der Waals surface area contributed by atoms with Crippen LogP contribution in [-0.4, -0.2) is 11.1 Å². The Bertz CT molecular complexity index is 575. The van der Waals surface area contributed by atoms with Crippen molar-refractivity contribution in [3.05, 3.63) is 51.2 Å². The Balaban J connectivity index is 2.09. The lowest BCUT2D eigenvalue weighted by Crippen LogP contribution is -2.04. The second-order valence-electron chi connectivity index (χ2n) is 4.23. The number of rotatable bonds is 4. The van der Waals surface area contributed by atoms with Crippen molar-refractivity contribution in [2.45, 2.75) is 20.4 Å². The van der Waals surface area contributed by atoms with E-state index in [2.05, 4.69) is 31.3 Å². The fraction of sp³-hybridized carbons (Fsp3) is 0.214. The molecule has 0 aliphatic rings. The molecule has 0 saturated heterocycles. The fourth-order valence-electron chi connectivity index (χ4n) is 1.71. The van der Waals surface area contributed by atoms with Gasteiger partial charge in [-0.15, -0.1) is 11.3 Å². The molecule has 3 nitrogen and oxygen atoms in total. The molecular formula is C14H15NO2S. The molecule has 1 aromatic carbocycles. The van der Waals surface area contributed by atoms with Crippen LogP contribution in [0.25, 0.3) is 0 Å². The second-order valence-corrected chi connectivity index (χ2v) is 5.15. The van der Waals surface area contributed by atoms with Crippen LogP contribution in [0.5, 0.6) is 0 Å². The Hall–Kier alpha value is -1.81. The van der Waals surface area contributed by atoms with Crippen LogP contribution >= 0.6 is 11.3 Å². The number of hydrogen-bond acceptors (Lipinski definition) is 3. The van der Waals surface area contributed by atoms with Gasteiger partial charge in [-0.1, -0.05) is 6.07 Å². The van der Waals surface area contributed by atoms with Crippen molar-refractivity contribution in [3.63, 3.8) is 0 Å². The topological polar surface area (TPSA) is 49.3 Å². The predicted molar refractivity (Wildman–Crippen MR) is 74.5 cm³/mol. The molecule has 2 N–H and O–H groups in total. The van der Waals surface area contributed by atoms with Gasteiger partial charge in [0.15, 0.2) is 0 Å². The van der Waals surface area contributed by atoms with E-state index in [0.29, 0.717) is 11.4 Å². The van der Waals surface area contributed by atoms with E-state index in [0.717, 1.165) is 11.3 Å². The number of carboxylic acid groups (broad SMARTS) is 1. The Morgan fingerprint density at radius 3 is 2.72 bits per heavy atom. The van der Waals surface area contributed by atoms with Crippen molar-refractivity contribution in [3.8, 4) is 0 Å². The summed E-state index contributed by atoms with van der Waals surface area (Å²) in [6.07, 6.45) is 0. The molecule has 94 valence electrons. The molecule has 2 rings (SSSR count). The lowest BCUT2D eigenvalue weighted by molar-refractivity contribution is 0.0701. The summed E-state index contributed by atoms with van der Waals surface area (Å²) in [5.74, 6) is -0.859. The number of anilines is 1. The maximum atomic E-state index is 11.0. The molecule has 0 aliphatic carbocycles. The SMILES string of the molecule is Cc1ccc(NCc2ccsc2C(=O)O)cc1C. The van der Waals surface area contributed by atoms with Crippen LogP contribution in [0.15, 0.2) is 29.6 Å². The van der Waals surface area contributed by atoms with Crippen LogP contribution in [0.2, 0.25) is 0 Å². The highest BCUT2D eigenvalue weighted by Gasteiger charge is 2.10. The van der Waals surface area contributed by atoms with Gasteiger partial charge in [0.2, 0.25) is 0 Å². The molecule has 18 heavy (non-hydrogen) atoms. The van der Waals surface area contributed by atoms with Gasteiger partial charge in [0, 0.05) is 12.2 Å². The van der Waals surface area contributed by atoms with Gasteiger partial charge in [0.25, 0.3) is 0 Å². The summed E-state index contributed by atoms with van der Waals surface area (Å²) in [6, 6.07) is 7.99. The molecule has 2 aromatic rings. The zero-order valence-corrected chi connectivity index (χ0v) is 11.2. The number of aryl methyl sites for hydroxylation is 2. The third kappa shape index (κ3) is 2.71. The molecule has 0 atom stereocenters. The number of aromatic carboxylic acids is 1. The summed E-state index contributed by atoms with van der Waals surface area (Å²) >= 11 is 1.26. The van der Waals surface area contributed by atoms with Gasteiger partial charge in [0.1, 0.15) is 4.88 Å². The first-order valence-corrected chi connectivity index (χ1v) is 6.56. The first-order chi connectivity index (χ1) is 8.58. The molecule has 0 radical (unpaired) electrons. The van der Waals surface area contributed by atoms with Crippen molar-refractivity contribution < 1.29 is 9.90 Å². The molecule has 0 saturated carbocycles. The summed E-state index contributed by atoms with van der Waals surface area (Å²) in [6.45, 7) is 4.67. The molecular weight excluding hydrogens is 246 g/mol. The van der Waals surface area contributed by atoms with E-state index in [1.54, 1.807) is 5.38 Å². The van der Waals surface area contributed by atoms with Crippen LogP contribution in [0.4, 0.5) is 5.69 Å². The van der Waals surface area contributed by atoms with E-state index in [1.165, 1.54) is 22.5 Å². The van der Waals surface area contributed by atoms with Crippen LogP contribution in [0.3, 0.4) is 0 Å². The quantitative estimate of drug-likeness (QED) is 0.882. The monoisotopic (exact) mass is 261 g/mol. The first-order valence-electron chi connectivity index (χ1n) is 5.68. The van der Waals surface area contributed by atoms with E-state index in [-0.39, 0.29) is 0 Å². The molecule has 0 bridgehead atoms. The van der Waals surface area contributed by atoms with Crippen LogP contribution in [0.1, 0.15) is 26.4 Å². The number of carbonyl (C=O) groups is 1. The molecule has 0 amide bonds. The summed E-state index contributed by atoms with van der Waals surface area (Å²) in [7, 11) is 0. The molecule has 1 heterocycles. The Morgan fingerprint density at radius 2 is 2.06 bits per heavy atom. The Labute approximate surface area is 110 Å². The minimum atomic E-state index is -0.859. The maximum Gasteiger partial charge on any atom is 0.346 e. The highest BCUT2D eigenvalue weighted by molar-refractivity contribution is 7.12. The molecule has 4 heteroatoms. The summed E-state index contributed by atoms with van der Waals surface area (Å²) in [5, 5.41) is 14.1. The molecule has 0 unspecified atom stereocenters. The van der Waals surface area contributed by atoms with E-state index < -0.39 is 5.97 Å². The average molecular weight is 261 g/mol. The second kappa shape index (κ2) is 5.23. The number of carboxylic acids is 1. The zero-order valence-electron chi connectivity index (χ0n) is 10.4. The van der Waals surface area contributed by atoms with Crippen molar-refractivity contribution >= 4 is 23.0 Å². The molecule has 0 aliphatic heterocycles. The van der Waals surface area contributed by atoms with E-state index in [9.17, 15) is 4.79 Å². The summed E-state index contributed by atoms with van der Waals surface area (Å²) in [4.78, 5) is 11.4. The highest BCUT2D eigenvalue weighted by atomic mass is 32.1. The van der Waals surface area contributed by atoms with Gasteiger partial charge in [0.05, 0.1) is 0 Å². The van der Waals surface area contributed by atoms with Gasteiger partial charge in [-0.05, 0) is 54.1 Å². The average Bonchev–Trinajstić information content (AvgIpc) is 2.79. The van der Waals surface area contributed by atoms with Crippen LogP contribution < -0.4 is 5.32 Å². The van der Waals surface area contributed by atoms with Gasteiger partial charge >= 0.3 is 5.97 Å². The number of benzene rings is 1. The number of thiophene rings is 1. The standard InChI is InChI=1S/C14H15NO2S/c1-9-3-4-12(7-10(9)2)15-8-11-5-6-18-13(11)14(16)17/h3-7,15H,8H2,1-2H3,(H,16,17). The van der Waals surface area contributed by atoms with Crippen LogP contribution in [-0.2, 0) is 6.54 Å². The molecule has 1 aromatic heterocycles. The normalized spacial score (nSPS) is 10.3. The first kappa shape index (κ1) is 12.6. The number of nitrogens with one attached hydrogen (secondary N) is 1. The van der Waals surface area contributed by atoms with Crippen LogP contribution in [0, 0.1) is 13.8 Å². The third-order valence-corrected chi connectivity index (χ3v) is 3.88. The maximum absolute atomic E-state index is 11.0. The Kier molecular flexibility index (Phi) is 3.67. The van der Waals surface area contributed by atoms with Gasteiger partial charge in [-0.2, -0.15) is 0 Å². The smallest absolute Gasteiger partial charge is 0.346 e. The van der Waals surface area contributed by atoms with Crippen molar-refractivity contribution in [2.24, 2.45) is 0 Å². The minimum Gasteiger partial charge on any atom is -0.477 e. The molecule has 0 spiro atoms. The Morgan fingerprint density at radius 1 is 1.28 bits per heavy atom. The van der Waals surface area contributed by atoms with Crippen molar-refractivity contribution in [1.82, 2.24) is 0 Å². The highest BCUT2D eigenvalue weighted by Crippen LogP contribution is 2.19. The largest absolute Gasteiger partial charge is 0.477 e. The molecule has 0 fully saturated rings. The minimum absolute atomic E-state index is 0.409. The van der Waals surface area contributed by atoms with Gasteiger partial charge < -0.3 is 10.4 Å². The lowest BCUT2D eigenvalue weighted by Gasteiger charge is -2.08. The summed E-state index contributed by atoms with van der Waals surface area (Å²) in [5.41, 5.74) is 4.32. The van der Waals surface area contributed by atoms with E-state index >= 15 is 0 Å². The predicted octanol–water partition coefficient (Wildman–Crippen LogP) is 3.68. The van der Waals surface area contributed by atoms with Crippen molar-refractivity contribution in [1.29, 1.82) is 0 Å². The lowest BCUT2D eigenvalue weighted by atomic mass is 10.1. The third-order valence-electron chi connectivity index (χ3n) is 2.93. The van der Waals surface area contributed by atoms with Gasteiger partial charge in [-0.25, -0.2) is 4.79 Å². The fourth-order valence-corrected chi connectivity index (χ4v) is 2.47. The van der Waals surface area contributed by atoms with E-state index in [4.69, 9.17) is 5.11 Å².